The molecule has 116 valence electrons. The van der Waals surface area contributed by atoms with Crippen molar-refractivity contribution in [2.75, 3.05) is 17.1 Å². The summed E-state index contributed by atoms with van der Waals surface area (Å²) >= 11 is 0. The van der Waals surface area contributed by atoms with Crippen molar-refractivity contribution < 1.29 is 18.1 Å². The summed E-state index contributed by atoms with van der Waals surface area (Å²) in [4.78, 5) is 10.1. The molecule has 0 bridgehead atoms. The lowest BCUT2D eigenvalue weighted by atomic mass is 10.3. The van der Waals surface area contributed by atoms with Gasteiger partial charge in [-0.25, -0.2) is 8.42 Å². The third kappa shape index (κ3) is 4.74. The second-order valence-electron chi connectivity index (χ2n) is 4.39. The van der Waals surface area contributed by atoms with Crippen LogP contribution in [0.25, 0.3) is 0 Å². The molecule has 0 aromatic heterocycles. The van der Waals surface area contributed by atoms with E-state index in [2.05, 4.69) is 4.72 Å². The molecule has 2 aromatic carbocycles. The van der Waals surface area contributed by atoms with Crippen LogP contribution in [0.4, 0.5) is 11.4 Å². The number of benzene rings is 2. The highest BCUT2D eigenvalue weighted by molar-refractivity contribution is 7.92. The van der Waals surface area contributed by atoms with Crippen LogP contribution in [-0.2, 0) is 10.0 Å². The lowest BCUT2D eigenvalue weighted by Crippen LogP contribution is -2.21. The van der Waals surface area contributed by atoms with Gasteiger partial charge >= 0.3 is 0 Å². The molecular formula is C14H14N2O5S. The first kappa shape index (κ1) is 15.8. The van der Waals surface area contributed by atoms with E-state index in [4.69, 9.17) is 4.74 Å². The van der Waals surface area contributed by atoms with Crippen molar-refractivity contribution in [1.82, 2.24) is 0 Å². The maximum absolute atomic E-state index is 11.9. The van der Waals surface area contributed by atoms with Crippen LogP contribution >= 0.6 is 0 Å². The van der Waals surface area contributed by atoms with Gasteiger partial charge in [0.1, 0.15) is 18.1 Å². The molecule has 0 atom stereocenters. The molecule has 0 heterocycles. The first-order valence-electron chi connectivity index (χ1n) is 6.39. The first-order chi connectivity index (χ1) is 10.5. The minimum Gasteiger partial charge on any atom is -0.492 e. The number of para-hydroxylation sites is 1. The lowest BCUT2D eigenvalue weighted by Gasteiger charge is -2.09. The average molecular weight is 322 g/mol. The second-order valence-corrected chi connectivity index (χ2v) is 6.23. The Morgan fingerprint density at radius 2 is 1.82 bits per heavy atom. The Labute approximate surface area is 127 Å². The Balaban J connectivity index is 1.93. The summed E-state index contributed by atoms with van der Waals surface area (Å²) in [5.41, 5.74) is -0.0327. The zero-order chi connectivity index (χ0) is 16.0. The Bertz CT molecular complexity index is 747. The lowest BCUT2D eigenvalue weighted by molar-refractivity contribution is -0.384. The van der Waals surface area contributed by atoms with Crippen molar-refractivity contribution in [3.8, 4) is 5.75 Å². The number of nitrogens with one attached hydrogen (secondary N) is 1. The molecular weight excluding hydrogens is 308 g/mol. The number of nitro groups is 1. The largest absolute Gasteiger partial charge is 0.492 e. The van der Waals surface area contributed by atoms with E-state index in [1.54, 1.807) is 24.3 Å². The van der Waals surface area contributed by atoms with Gasteiger partial charge in [0.15, 0.2) is 0 Å². The third-order valence-electron chi connectivity index (χ3n) is 2.69. The summed E-state index contributed by atoms with van der Waals surface area (Å²) in [5.74, 6) is 0.318. The maximum atomic E-state index is 11.9. The van der Waals surface area contributed by atoms with Crippen LogP contribution in [0.5, 0.6) is 5.75 Å². The molecule has 2 aromatic rings. The normalized spacial score (nSPS) is 10.9. The van der Waals surface area contributed by atoms with Gasteiger partial charge in [0.2, 0.25) is 10.0 Å². The molecule has 8 heteroatoms. The van der Waals surface area contributed by atoms with Crippen LogP contribution in [0, 0.1) is 10.1 Å². The van der Waals surface area contributed by atoms with E-state index < -0.39 is 14.9 Å². The van der Waals surface area contributed by atoms with Crippen molar-refractivity contribution in [3.63, 3.8) is 0 Å². The van der Waals surface area contributed by atoms with Crippen LogP contribution in [0.15, 0.2) is 54.6 Å². The van der Waals surface area contributed by atoms with Crippen LogP contribution in [0.3, 0.4) is 0 Å². The zero-order valence-electron chi connectivity index (χ0n) is 11.5. The standard InChI is InChI=1S/C14H14N2O5S/c17-16(18)13-6-4-5-12(11-13)15-22(19,20)10-9-21-14-7-2-1-3-8-14/h1-8,11,15H,9-10H2. The summed E-state index contributed by atoms with van der Waals surface area (Å²) in [6.45, 7) is -0.0196. The van der Waals surface area contributed by atoms with Gasteiger partial charge in [-0.1, -0.05) is 24.3 Å². The van der Waals surface area contributed by atoms with Crippen molar-refractivity contribution >= 4 is 21.4 Å². The van der Waals surface area contributed by atoms with Gasteiger partial charge in [0.05, 0.1) is 10.6 Å². The molecule has 7 nitrogen and oxygen atoms in total. The molecule has 0 radical (unpaired) electrons. The number of hydrogen-bond acceptors (Lipinski definition) is 5. The fourth-order valence-electron chi connectivity index (χ4n) is 1.70. The van der Waals surface area contributed by atoms with Crippen molar-refractivity contribution in [2.45, 2.75) is 0 Å². The van der Waals surface area contributed by atoms with E-state index in [0.717, 1.165) is 6.07 Å². The fraction of sp³-hybridized carbons (Fsp3) is 0.143. The summed E-state index contributed by atoms with van der Waals surface area (Å²) < 4.78 is 31.4. The molecule has 0 saturated heterocycles. The molecule has 1 N–H and O–H groups in total. The van der Waals surface area contributed by atoms with Gasteiger partial charge in [-0.05, 0) is 18.2 Å². The monoisotopic (exact) mass is 322 g/mol. The van der Waals surface area contributed by atoms with E-state index in [1.165, 1.54) is 18.2 Å². The van der Waals surface area contributed by atoms with Crippen LogP contribution in [0.2, 0.25) is 0 Å². The van der Waals surface area contributed by atoms with Crippen molar-refractivity contribution in [2.24, 2.45) is 0 Å². The Morgan fingerprint density at radius 3 is 2.50 bits per heavy atom. The smallest absolute Gasteiger partial charge is 0.271 e. The average Bonchev–Trinajstić information content (AvgIpc) is 2.48. The molecule has 0 amide bonds. The molecule has 0 unspecified atom stereocenters. The summed E-state index contributed by atoms with van der Waals surface area (Å²) in [5, 5.41) is 10.7. The van der Waals surface area contributed by atoms with Gasteiger partial charge in [-0.15, -0.1) is 0 Å². The van der Waals surface area contributed by atoms with Gasteiger partial charge in [-0.2, -0.15) is 0 Å². The number of nitro benzene ring substituents is 1. The van der Waals surface area contributed by atoms with Gasteiger partial charge in [-0.3, -0.25) is 14.8 Å². The van der Waals surface area contributed by atoms with Crippen molar-refractivity contribution in [3.05, 3.63) is 64.7 Å². The van der Waals surface area contributed by atoms with Crippen LogP contribution in [0.1, 0.15) is 0 Å². The summed E-state index contributed by atoms with van der Waals surface area (Å²) in [7, 11) is -3.64. The highest BCUT2D eigenvalue weighted by atomic mass is 32.2. The molecule has 0 saturated carbocycles. The van der Waals surface area contributed by atoms with E-state index in [-0.39, 0.29) is 23.7 Å². The maximum Gasteiger partial charge on any atom is 0.271 e. The van der Waals surface area contributed by atoms with Gasteiger partial charge in [0.25, 0.3) is 5.69 Å². The number of non-ortho nitro benzene ring substituents is 1. The Morgan fingerprint density at radius 1 is 1.09 bits per heavy atom. The topological polar surface area (TPSA) is 98.5 Å². The van der Waals surface area contributed by atoms with E-state index in [9.17, 15) is 18.5 Å². The number of ether oxygens (including phenoxy) is 1. The number of sulfonamides is 1. The van der Waals surface area contributed by atoms with Crippen LogP contribution in [-0.4, -0.2) is 25.7 Å². The van der Waals surface area contributed by atoms with E-state index in [0.29, 0.717) is 5.75 Å². The minimum absolute atomic E-state index is 0.0196. The fourth-order valence-corrected chi connectivity index (χ4v) is 2.59. The van der Waals surface area contributed by atoms with E-state index in [1.807, 2.05) is 6.07 Å². The summed E-state index contributed by atoms with van der Waals surface area (Å²) in [6, 6.07) is 14.1. The third-order valence-corrected chi connectivity index (χ3v) is 3.95. The van der Waals surface area contributed by atoms with Crippen molar-refractivity contribution in [1.29, 1.82) is 0 Å². The Kier molecular flexibility index (Phi) is 4.95. The number of rotatable bonds is 7. The summed E-state index contributed by atoms with van der Waals surface area (Å²) in [6.07, 6.45) is 0. The SMILES string of the molecule is O=[N+]([O-])c1cccc(NS(=O)(=O)CCOc2ccccc2)c1. The molecule has 0 spiro atoms. The minimum atomic E-state index is -3.64. The number of hydrogen-bond donors (Lipinski definition) is 1. The highest BCUT2D eigenvalue weighted by Gasteiger charge is 2.13. The molecule has 0 aliphatic heterocycles. The number of anilines is 1. The zero-order valence-corrected chi connectivity index (χ0v) is 12.3. The van der Waals surface area contributed by atoms with E-state index >= 15 is 0 Å². The predicted molar refractivity (Wildman–Crippen MR) is 82.4 cm³/mol. The molecule has 0 fully saturated rings. The quantitative estimate of drug-likeness (QED) is 0.623. The molecule has 2 rings (SSSR count). The molecule has 0 aliphatic carbocycles. The predicted octanol–water partition coefficient (Wildman–Crippen LogP) is 2.42. The Hall–Kier alpha value is -2.61. The second kappa shape index (κ2) is 6.90. The van der Waals surface area contributed by atoms with Gasteiger partial charge in [0, 0.05) is 12.1 Å². The first-order valence-corrected chi connectivity index (χ1v) is 8.04. The van der Waals surface area contributed by atoms with Gasteiger partial charge < -0.3 is 4.74 Å². The highest BCUT2D eigenvalue weighted by Crippen LogP contribution is 2.18. The van der Waals surface area contributed by atoms with Crippen LogP contribution < -0.4 is 9.46 Å². The molecule has 0 aliphatic rings. The number of nitrogens with zero attached hydrogens (tertiary/aromatic N) is 1. The molecule has 22 heavy (non-hydrogen) atoms.